The number of aromatic nitrogens is 5. The Kier molecular flexibility index (Phi) is 6.83. The molecule has 12 aromatic rings. The van der Waals surface area contributed by atoms with Gasteiger partial charge in [0.2, 0.25) is 0 Å². The van der Waals surface area contributed by atoms with Gasteiger partial charge in [-0.05, 0) is 54.6 Å². The maximum atomic E-state index is 6.54. The van der Waals surface area contributed by atoms with Gasteiger partial charge in [-0.2, -0.15) is 0 Å². The molecule has 12 rings (SSSR count). The van der Waals surface area contributed by atoms with E-state index in [1.165, 1.54) is 16.2 Å². The molecule has 0 aliphatic heterocycles. The topological polar surface area (TPSA) is 61.7 Å². The fraction of sp³-hybridized carbons (Fsp3) is 0. The second-order valence-corrected chi connectivity index (χ2v) is 14.4. The summed E-state index contributed by atoms with van der Waals surface area (Å²) in [5.74, 6) is 1.87. The molecule has 57 heavy (non-hydrogen) atoms. The van der Waals surface area contributed by atoms with E-state index in [1.807, 2.05) is 66.7 Å². The van der Waals surface area contributed by atoms with Crippen molar-refractivity contribution >= 4 is 65.6 Å². The van der Waals surface area contributed by atoms with Crippen LogP contribution < -0.4 is 0 Å². The van der Waals surface area contributed by atoms with Gasteiger partial charge >= 0.3 is 0 Å². The van der Waals surface area contributed by atoms with Gasteiger partial charge in [0.1, 0.15) is 11.2 Å². The molecule has 0 atom stereocenters. The molecule has 0 unspecified atom stereocenters. The van der Waals surface area contributed by atoms with Crippen LogP contribution in [0, 0.1) is 0 Å². The quantitative estimate of drug-likeness (QED) is 0.177. The summed E-state index contributed by atoms with van der Waals surface area (Å²) in [6, 6.07) is 65.4. The van der Waals surface area contributed by atoms with Crippen LogP contribution in [0.15, 0.2) is 192 Å². The predicted molar refractivity (Wildman–Crippen MR) is 232 cm³/mol. The fourth-order valence-electron chi connectivity index (χ4n) is 8.70. The highest BCUT2D eigenvalue weighted by molar-refractivity contribution is 6.34. The molecule has 0 aliphatic rings. The van der Waals surface area contributed by atoms with Crippen molar-refractivity contribution in [2.75, 3.05) is 0 Å². The van der Waals surface area contributed by atoms with Crippen molar-refractivity contribution in [3.63, 3.8) is 0 Å². The molecule has 4 aromatic heterocycles. The van der Waals surface area contributed by atoms with Crippen LogP contribution in [0.1, 0.15) is 0 Å². The molecule has 4 heterocycles. The number of para-hydroxylation sites is 3. The zero-order chi connectivity index (χ0) is 37.5. The Bertz CT molecular complexity index is 3450. The van der Waals surface area contributed by atoms with Crippen molar-refractivity contribution in [1.82, 2.24) is 24.1 Å². The van der Waals surface area contributed by atoms with Crippen molar-refractivity contribution in [2.24, 2.45) is 0 Å². The average Bonchev–Trinajstić information content (AvgIpc) is 3.95. The van der Waals surface area contributed by atoms with E-state index in [-0.39, 0.29) is 0 Å². The molecule has 0 amide bonds. The van der Waals surface area contributed by atoms with E-state index in [4.69, 9.17) is 19.4 Å². The molecule has 266 valence electrons. The number of fused-ring (bicyclic) bond motifs is 11. The van der Waals surface area contributed by atoms with Gasteiger partial charge in [-0.3, -0.25) is 0 Å². The van der Waals surface area contributed by atoms with Crippen molar-refractivity contribution in [3.05, 3.63) is 188 Å². The molecule has 8 aromatic carbocycles. The van der Waals surface area contributed by atoms with Gasteiger partial charge in [0.05, 0.1) is 22.1 Å². The van der Waals surface area contributed by atoms with E-state index in [2.05, 4.69) is 130 Å². The van der Waals surface area contributed by atoms with Gasteiger partial charge in [0, 0.05) is 60.4 Å². The number of benzene rings is 8. The van der Waals surface area contributed by atoms with Crippen LogP contribution in [0.25, 0.3) is 111 Å². The SMILES string of the molecule is c1ccc(-c2nc(-c3ccccc3)nc(-c3cccc(-n4c5ccc6oc7ccccc7c6c5c5c4ccc4c6ccccc6n(-c6ccccc6)c45)c3)n2)cc1. The number of hydrogen-bond acceptors (Lipinski definition) is 4. The summed E-state index contributed by atoms with van der Waals surface area (Å²) in [4.78, 5) is 15.1. The molecule has 0 aliphatic carbocycles. The number of furan rings is 1. The largest absolute Gasteiger partial charge is 0.456 e. The van der Waals surface area contributed by atoms with E-state index >= 15 is 0 Å². The molecule has 0 saturated carbocycles. The molecule has 6 nitrogen and oxygen atoms in total. The molecule has 0 saturated heterocycles. The molecule has 0 N–H and O–H groups in total. The van der Waals surface area contributed by atoms with Crippen LogP contribution in [-0.4, -0.2) is 24.1 Å². The van der Waals surface area contributed by atoms with Crippen LogP contribution in [0.5, 0.6) is 0 Å². The third-order valence-electron chi connectivity index (χ3n) is 11.1. The molecule has 6 heteroatoms. The summed E-state index contributed by atoms with van der Waals surface area (Å²) in [6.07, 6.45) is 0. The normalized spacial score (nSPS) is 11.9. The van der Waals surface area contributed by atoms with Crippen molar-refractivity contribution < 1.29 is 4.42 Å². The van der Waals surface area contributed by atoms with Crippen molar-refractivity contribution in [1.29, 1.82) is 0 Å². The van der Waals surface area contributed by atoms with E-state index in [0.717, 1.165) is 77.5 Å². The minimum Gasteiger partial charge on any atom is -0.456 e. The summed E-state index contributed by atoms with van der Waals surface area (Å²) in [7, 11) is 0. The fourth-order valence-corrected chi connectivity index (χ4v) is 8.70. The van der Waals surface area contributed by atoms with Gasteiger partial charge in [-0.15, -0.1) is 0 Å². The van der Waals surface area contributed by atoms with Crippen LogP contribution in [0.4, 0.5) is 0 Å². The Morgan fingerprint density at radius 3 is 1.63 bits per heavy atom. The van der Waals surface area contributed by atoms with Crippen LogP contribution >= 0.6 is 0 Å². The molecule has 0 bridgehead atoms. The van der Waals surface area contributed by atoms with E-state index < -0.39 is 0 Å². The number of nitrogens with zero attached hydrogens (tertiary/aromatic N) is 5. The Hall–Kier alpha value is -7.83. The highest BCUT2D eigenvalue weighted by atomic mass is 16.3. The molecule has 0 radical (unpaired) electrons. The van der Waals surface area contributed by atoms with Crippen LogP contribution in [-0.2, 0) is 0 Å². The molecule has 0 fully saturated rings. The Morgan fingerprint density at radius 2 is 0.895 bits per heavy atom. The third kappa shape index (κ3) is 4.81. The summed E-state index contributed by atoms with van der Waals surface area (Å²) in [5, 5.41) is 6.94. The molecular formula is C51H31N5O. The number of hydrogen-bond donors (Lipinski definition) is 0. The lowest BCUT2D eigenvalue weighted by atomic mass is 10.0. The van der Waals surface area contributed by atoms with E-state index in [0.29, 0.717) is 17.5 Å². The average molecular weight is 730 g/mol. The van der Waals surface area contributed by atoms with E-state index in [1.54, 1.807) is 0 Å². The van der Waals surface area contributed by atoms with Crippen molar-refractivity contribution in [2.45, 2.75) is 0 Å². The van der Waals surface area contributed by atoms with Gasteiger partial charge in [0.25, 0.3) is 0 Å². The lowest BCUT2D eigenvalue weighted by molar-refractivity contribution is 0.669. The minimum atomic E-state index is 0.611. The second kappa shape index (κ2) is 12.3. The highest BCUT2D eigenvalue weighted by Gasteiger charge is 2.24. The van der Waals surface area contributed by atoms with E-state index in [9.17, 15) is 0 Å². The zero-order valence-electron chi connectivity index (χ0n) is 30.5. The monoisotopic (exact) mass is 729 g/mol. The minimum absolute atomic E-state index is 0.611. The first-order chi connectivity index (χ1) is 28.3. The Morgan fingerprint density at radius 1 is 0.333 bits per heavy atom. The van der Waals surface area contributed by atoms with Gasteiger partial charge in [-0.1, -0.05) is 133 Å². The van der Waals surface area contributed by atoms with Gasteiger partial charge in [-0.25, -0.2) is 15.0 Å². The first kappa shape index (κ1) is 31.5. The summed E-state index contributed by atoms with van der Waals surface area (Å²) in [5.41, 5.74) is 11.1. The van der Waals surface area contributed by atoms with Crippen LogP contribution in [0.2, 0.25) is 0 Å². The Balaban J connectivity index is 1.19. The molecule has 0 spiro atoms. The zero-order valence-corrected chi connectivity index (χ0v) is 30.5. The standard InChI is InChI=1S/C51H31N5O/c1-4-15-32(16-5-1)49-52-50(33-17-6-2-7-18-33)54-51(53-49)34-19-14-22-36(31-34)55-41-29-30-44-45(39-24-11-13-26-43(39)57-44)46(41)47-42(55)28-27-38-37-23-10-12-25-40(37)56(48(38)47)35-20-8-3-9-21-35/h1-31H. The molecular weight excluding hydrogens is 699 g/mol. The van der Waals surface area contributed by atoms with Crippen LogP contribution in [0.3, 0.4) is 0 Å². The maximum Gasteiger partial charge on any atom is 0.164 e. The second-order valence-electron chi connectivity index (χ2n) is 14.4. The maximum absolute atomic E-state index is 6.54. The van der Waals surface area contributed by atoms with Gasteiger partial charge < -0.3 is 13.6 Å². The van der Waals surface area contributed by atoms with Crippen molar-refractivity contribution in [3.8, 4) is 45.5 Å². The third-order valence-corrected chi connectivity index (χ3v) is 11.1. The summed E-state index contributed by atoms with van der Waals surface area (Å²) < 4.78 is 11.4. The lowest BCUT2D eigenvalue weighted by Crippen LogP contribution is -2.01. The Labute approximate surface area is 326 Å². The first-order valence-corrected chi connectivity index (χ1v) is 19.1. The first-order valence-electron chi connectivity index (χ1n) is 19.1. The smallest absolute Gasteiger partial charge is 0.164 e. The summed E-state index contributed by atoms with van der Waals surface area (Å²) >= 11 is 0. The lowest BCUT2D eigenvalue weighted by Gasteiger charge is -2.12. The highest BCUT2D eigenvalue weighted by Crippen LogP contribution is 2.46. The van der Waals surface area contributed by atoms with Gasteiger partial charge in [0.15, 0.2) is 17.5 Å². The summed E-state index contributed by atoms with van der Waals surface area (Å²) in [6.45, 7) is 0. The number of rotatable bonds is 5. The predicted octanol–water partition coefficient (Wildman–Crippen LogP) is 13.0.